The third-order valence-electron chi connectivity index (χ3n) is 3.13. The van der Waals surface area contributed by atoms with E-state index in [0.717, 1.165) is 24.6 Å². The van der Waals surface area contributed by atoms with Gasteiger partial charge in [-0.05, 0) is 13.5 Å². The van der Waals surface area contributed by atoms with E-state index in [1.807, 2.05) is 18.8 Å². The number of hydrogen-bond donors (Lipinski definition) is 1. The van der Waals surface area contributed by atoms with Gasteiger partial charge in [-0.1, -0.05) is 0 Å². The van der Waals surface area contributed by atoms with Gasteiger partial charge in [0.25, 0.3) is 0 Å². The summed E-state index contributed by atoms with van der Waals surface area (Å²) >= 11 is 1.91. The predicted molar refractivity (Wildman–Crippen MR) is 63.9 cm³/mol. The van der Waals surface area contributed by atoms with Crippen LogP contribution in [0.3, 0.4) is 0 Å². The number of sulfone groups is 1. The van der Waals surface area contributed by atoms with Crippen LogP contribution in [0.5, 0.6) is 0 Å². The number of nitrogens with one attached hydrogen (secondary N) is 1. The Bertz CT molecular complexity index is 312. The molecule has 2 heterocycles. The van der Waals surface area contributed by atoms with Crippen molar-refractivity contribution in [2.45, 2.75) is 18.5 Å². The van der Waals surface area contributed by atoms with Gasteiger partial charge in [-0.15, -0.1) is 11.8 Å². The zero-order chi connectivity index (χ0) is 10.9. The molecule has 2 atom stereocenters. The Hall–Kier alpha value is 0.220. The number of rotatable bonds is 3. The van der Waals surface area contributed by atoms with Crippen molar-refractivity contribution in [1.29, 1.82) is 0 Å². The summed E-state index contributed by atoms with van der Waals surface area (Å²) in [4.78, 5) is 2.20. The van der Waals surface area contributed by atoms with E-state index in [-0.39, 0.29) is 6.04 Å². The maximum Gasteiger partial charge on any atom is 0.151 e. The molecular weight excluding hydrogens is 232 g/mol. The molecule has 1 N–H and O–H groups in total. The summed E-state index contributed by atoms with van der Waals surface area (Å²) in [6.45, 7) is 0.965. The molecule has 0 radical (unpaired) electrons. The topological polar surface area (TPSA) is 49.4 Å². The molecule has 0 aromatic carbocycles. The molecule has 0 aliphatic carbocycles. The number of hydrogen-bond acceptors (Lipinski definition) is 5. The highest BCUT2D eigenvalue weighted by Gasteiger charge is 2.31. The minimum absolute atomic E-state index is 0.238. The van der Waals surface area contributed by atoms with E-state index in [9.17, 15) is 8.42 Å². The van der Waals surface area contributed by atoms with E-state index in [0.29, 0.717) is 17.5 Å². The zero-order valence-electron chi connectivity index (χ0n) is 8.98. The maximum absolute atomic E-state index is 11.3. The largest absolute Gasteiger partial charge is 0.303 e. The first-order chi connectivity index (χ1) is 7.07. The smallest absolute Gasteiger partial charge is 0.151 e. The SMILES string of the molecule is CN(CC1CSCN1)C1CCS(=O)(=O)C1. The van der Waals surface area contributed by atoms with Crippen LogP contribution in [0.2, 0.25) is 0 Å². The van der Waals surface area contributed by atoms with Crippen molar-refractivity contribution < 1.29 is 8.42 Å². The highest BCUT2D eigenvalue weighted by atomic mass is 32.2. The standard InChI is InChI=1S/C9H18N2O2S2/c1-11(4-8-5-14-7-10-8)9-2-3-15(12,13)6-9/h8-10H,2-7H2,1H3. The molecule has 0 spiro atoms. The summed E-state index contributed by atoms with van der Waals surface area (Å²) in [6.07, 6.45) is 0.804. The van der Waals surface area contributed by atoms with Crippen LogP contribution in [-0.2, 0) is 9.84 Å². The first kappa shape index (κ1) is 11.7. The molecule has 0 bridgehead atoms. The summed E-state index contributed by atoms with van der Waals surface area (Å²) in [7, 11) is -0.704. The first-order valence-electron chi connectivity index (χ1n) is 5.28. The second-order valence-corrected chi connectivity index (χ2v) is 7.67. The summed E-state index contributed by atoms with van der Waals surface area (Å²) in [5.74, 6) is 2.89. The maximum atomic E-state index is 11.3. The third-order valence-corrected chi connectivity index (χ3v) is 5.89. The molecule has 0 amide bonds. The lowest BCUT2D eigenvalue weighted by Crippen LogP contribution is -2.42. The lowest BCUT2D eigenvalue weighted by atomic mass is 10.2. The van der Waals surface area contributed by atoms with Gasteiger partial charge >= 0.3 is 0 Å². The van der Waals surface area contributed by atoms with Gasteiger partial charge in [0, 0.05) is 30.3 Å². The van der Waals surface area contributed by atoms with Crippen molar-refractivity contribution in [1.82, 2.24) is 10.2 Å². The second-order valence-electron chi connectivity index (χ2n) is 4.41. The molecule has 0 aromatic heterocycles. The van der Waals surface area contributed by atoms with Crippen LogP contribution in [0, 0.1) is 0 Å². The van der Waals surface area contributed by atoms with Gasteiger partial charge in [-0.3, -0.25) is 0 Å². The van der Waals surface area contributed by atoms with E-state index >= 15 is 0 Å². The average molecular weight is 250 g/mol. The van der Waals surface area contributed by atoms with Crippen molar-refractivity contribution >= 4 is 21.6 Å². The van der Waals surface area contributed by atoms with Crippen molar-refractivity contribution in [3.63, 3.8) is 0 Å². The van der Waals surface area contributed by atoms with Crippen molar-refractivity contribution in [3.8, 4) is 0 Å². The predicted octanol–water partition coefficient (Wildman–Crippen LogP) is -0.232. The summed E-state index contributed by atoms with van der Waals surface area (Å²) < 4.78 is 22.7. The van der Waals surface area contributed by atoms with E-state index in [1.54, 1.807) is 0 Å². The minimum atomic E-state index is -2.74. The minimum Gasteiger partial charge on any atom is -0.303 e. The normalized spacial score (nSPS) is 35.1. The van der Waals surface area contributed by atoms with Crippen LogP contribution in [0.1, 0.15) is 6.42 Å². The van der Waals surface area contributed by atoms with Gasteiger partial charge < -0.3 is 10.2 Å². The summed E-state index contributed by atoms with van der Waals surface area (Å²) in [5.41, 5.74) is 0. The molecule has 0 saturated carbocycles. The van der Waals surface area contributed by atoms with Crippen LogP contribution >= 0.6 is 11.8 Å². The average Bonchev–Trinajstić information content (AvgIpc) is 2.74. The highest BCUT2D eigenvalue weighted by Crippen LogP contribution is 2.18. The first-order valence-corrected chi connectivity index (χ1v) is 8.26. The van der Waals surface area contributed by atoms with E-state index in [2.05, 4.69) is 10.2 Å². The molecule has 2 saturated heterocycles. The van der Waals surface area contributed by atoms with Gasteiger partial charge in [0.05, 0.1) is 11.5 Å². The fourth-order valence-electron chi connectivity index (χ4n) is 2.17. The molecule has 2 aliphatic heterocycles. The lowest BCUT2D eigenvalue weighted by molar-refractivity contribution is 0.243. The van der Waals surface area contributed by atoms with Crippen LogP contribution in [0.4, 0.5) is 0 Å². The Morgan fingerprint density at radius 2 is 2.33 bits per heavy atom. The Kier molecular flexibility index (Phi) is 3.59. The molecule has 88 valence electrons. The number of thioether (sulfide) groups is 1. The zero-order valence-corrected chi connectivity index (χ0v) is 10.6. The van der Waals surface area contributed by atoms with Crippen molar-refractivity contribution in [2.24, 2.45) is 0 Å². The molecular formula is C9H18N2O2S2. The fraction of sp³-hybridized carbons (Fsp3) is 1.00. The van der Waals surface area contributed by atoms with Gasteiger partial charge in [-0.2, -0.15) is 0 Å². The summed E-state index contributed by atoms with van der Waals surface area (Å²) in [5, 5.41) is 3.40. The molecule has 4 nitrogen and oxygen atoms in total. The molecule has 2 unspecified atom stereocenters. The fourth-order valence-corrected chi connectivity index (χ4v) is 4.96. The number of likely N-dealkylation sites (N-methyl/N-ethyl adjacent to an activating group) is 1. The Balaban J connectivity index is 1.83. The van der Waals surface area contributed by atoms with E-state index in [1.165, 1.54) is 0 Å². The molecule has 2 aliphatic rings. The second kappa shape index (κ2) is 4.61. The van der Waals surface area contributed by atoms with E-state index < -0.39 is 9.84 Å². The van der Waals surface area contributed by atoms with Crippen molar-refractivity contribution in [3.05, 3.63) is 0 Å². The lowest BCUT2D eigenvalue weighted by Gasteiger charge is -2.25. The van der Waals surface area contributed by atoms with Crippen LogP contribution in [-0.4, -0.2) is 62.1 Å². The quantitative estimate of drug-likeness (QED) is 0.750. The Morgan fingerprint density at radius 3 is 2.87 bits per heavy atom. The van der Waals surface area contributed by atoms with Gasteiger partial charge in [0.15, 0.2) is 9.84 Å². The van der Waals surface area contributed by atoms with Crippen LogP contribution in [0.15, 0.2) is 0 Å². The highest BCUT2D eigenvalue weighted by molar-refractivity contribution is 7.99. The molecule has 6 heteroatoms. The van der Waals surface area contributed by atoms with Gasteiger partial charge in [-0.25, -0.2) is 8.42 Å². The van der Waals surface area contributed by atoms with Gasteiger partial charge in [0.1, 0.15) is 0 Å². The molecule has 0 aromatic rings. The monoisotopic (exact) mass is 250 g/mol. The van der Waals surface area contributed by atoms with Crippen LogP contribution < -0.4 is 5.32 Å². The van der Waals surface area contributed by atoms with Crippen molar-refractivity contribution in [2.75, 3.05) is 36.7 Å². The van der Waals surface area contributed by atoms with E-state index in [4.69, 9.17) is 0 Å². The van der Waals surface area contributed by atoms with Crippen LogP contribution in [0.25, 0.3) is 0 Å². The molecule has 2 fully saturated rings. The molecule has 15 heavy (non-hydrogen) atoms. The van der Waals surface area contributed by atoms with Gasteiger partial charge in [0.2, 0.25) is 0 Å². The third kappa shape index (κ3) is 3.09. The molecule has 2 rings (SSSR count). The Labute approximate surface area is 95.7 Å². The number of nitrogens with zero attached hydrogens (tertiary/aromatic N) is 1. The Morgan fingerprint density at radius 1 is 1.53 bits per heavy atom. The summed E-state index contributed by atoms with van der Waals surface area (Å²) in [6, 6.07) is 0.769.